The van der Waals surface area contributed by atoms with Gasteiger partial charge in [0.2, 0.25) is 0 Å². The van der Waals surface area contributed by atoms with Crippen LogP contribution < -0.4 is 0 Å². The molecule has 1 aromatic heterocycles. The Morgan fingerprint density at radius 2 is 1.92 bits per heavy atom. The third-order valence-corrected chi connectivity index (χ3v) is 5.59. The summed E-state index contributed by atoms with van der Waals surface area (Å²) in [6.45, 7) is 1.83. The molecule has 2 aromatic rings. The molecule has 1 aromatic carbocycles. The summed E-state index contributed by atoms with van der Waals surface area (Å²) in [5.74, 6) is 0.526. The molecular formula is C19H22N4O3. The zero-order valence-corrected chi connectivity index (χ0v) is 14.7. The standard InChI is InChI=1S/C19H22N4O3/c1-11-20-17(22-21-11)12-6-8-13(9-7-12)18(24)23-15-5-3-2-4-14(15)10-16(23)19(25)26/h6-9,14-16H,2-5,10H2,1H3,(H,25,26)(H,20,21,22)/t14-,15-,16+/m1/s1. The number of H-pyrrole nitrogens is 1. The van der Waals surface area contributed by atoms with Gasteiger partial charge in [-0.05, 0) is 44.2 Å². The zero-order valence-electron chi connectivity index (χ0n) is 14.7. The molecule has 7 heteroatoms. The minimum absolute atomic E-state index is 0.0488. The Morgan fingerprint density at radius 1 is 1.19 bits per heavy atom. The molecule has 26 heavy (non-hydrogen) atoms. The minimum atomic E-state index is -0.902. The SMILES string of the molecule is Cc1nc(-c2ccc(C(=O)N3[C@@H]4CCCC[C@@H]4C[C@H]3C(=O)O)cc2)n[nH]1. The number of likely N-dealkylation sites (tertiary alicyclic amines) is 1. The van der Waals surface area contributed by atoms with Gasteiger partial charge in [-0.2, -0.15) is 5.10 Å². The molecule has 2 N–H and O–H groups in total. The molecular weight excluding hydrogens is 332 g/mol. The summed E-state index contributed by atoms with van der Waals surface area (Å²) >= 11 is 0. The number of hydrogen-bond acceptors (Lipinski definition) is 4. The Bertz CT molecular complexity index is 830. The highest BCUT2D eigenvalue weighted by Crippen LogP contribution is 2.40. The third-order valence-electron chi connectivity index (χ3n) is 5.59. The van der Waals surface area contributed by atoms with Crippen LogP contribution in [0.15, 0.2) is 24.3 Å². The lowest BCUT2D eigenvalue weighted by molar-refractivity contribution is -0.141. The summed E-state index contributed by atoms with van der Waals surface area (Å²) in [5, 5.41) is 16.5. The van der Waals surface area contributed by atoms with Crippen molar-refractivity contribution in [1.29, 1.82) is 0 Å². The van der Waals surface area contributed by atoms with Crippen molar-refractivity contribution >= 4 is 11.9 Å². The van der Waals surface area contributed by atoms with Gasteiger partial charge in [0.1, 0.15) is 11.9 Å². The number of aryl methyl sites for hydroxylation is 1. The number of hydrogen-bond donors (Lipinski definition) is 2. The van der Waals surface area contributed by atoms with E-state index in [1.807, 2.05) is 6.92 Å². The highest BCUT2D eigenvalue weighted by atomic mass is 16.4. The van der Waals surface area contributed by atoms with Gasteiger partial charge in [0.15, 0.2) is 5.82 Å². The Hall–Kier alpha value is -2.70. The van der Waals surface area contributed by atoms with Crippen LogP contribution in [0.1, 0.15) is 48.3 Å². The molecule has 2 fully saturated rings. The maximum atomic E-state index is 13.1. The number of carbonyl (C=O) groups excluding carboxylic acids is 1. The number of nitrogens with zero attached hydrogens (tertiary/aromatic N) is 3. The molecule has 1 saturated carbocycles. The van der Waals surface area contributed by atoms with E-state index in [9.17, 15) is 14.7 Å². The van der Waals surface area contributed by atoms with Crippen molar-refractivity contribution in [3.63, 3.8) is 0 Å². The van der Waals surface area contributed by atoms with E-state index in [0.29, 0.717) is 23.7 Å². The molecule has 4 rings (SSSR count). The molecule has 1 aliphatic carbocycles. The number of amides is 1. The van der Waals surface area contributed by atoms with Gasteiger partial charge in [0.25, 0.3) is 5.91 Å². The maximum Gasteiger partial charge on any atom is 0.326 e. The normalized spacial score (nSPS) is 25.1. The van der Waals surface area contributed by atoms with Gasteiger partial charge in [-0.25, -0.2) is 9.78 Å². The van der Waals surface area contributed by atoms with E-state index in [1.165, 1.54) is 0 Å². The molecule has 1 amide bonds. The van der Waals surface area contributed by atoms with Crippen LogP contribution in [0.5, 0.6) is 0 Å². The predicted molar refractivity (Wildman–Crippen MR) is 94.5 cm³/mol. The van der Waals surface area contributed by atoms with E-state index >= 15 is 0 Å². The maximum absolute atomic E-state index is 13.1. The smallest absolute Gasteiger partial charge is 0.326 e. The van der Waals surface area contributed by atoms with E-state index in [1.54, 1.807) is 29.2 Å². The molecule has 0 unspecified atom stereocenters. The average Bonchev–Trinajstić information content (AvgIpc) is 3.25. The van der Waals surface area contributed by atoms with E-state index in [2.05, 4.69) is 15.2 Å². The largest absolute Gasteiger partial charge is 0.480 e. The second-order valence-electron chi connectivity index (χ2n) is 7.24. The van der Waals surface area contributed by atoms with Gasteiger partial charge in [-0.3, -0.25) is 9.89 Å². The lowest BCUT2D eigenvalue weighted by atomic mass is 9.84. The number of carbonyl (C=O) groups is 2. The molecule has 7 nitrogen and oxygen atoms in total. The lowest BCUT2D eigenvalue weighted by Crippen LogP contribution is -2.46. The fourth-order valence-electron chi connectivity index (χ4n) is 4.36. The van der Waals surface area contributed by atoms with Crippen molar-refractivity contribution < 1.29 is 14.7 Å². The van der Waals surface area contributed by atoms with Crippen LogP contribution in [-0.4, -0.2) is 49.1 Å². The van der Waals surface area contributed by atoms with Gasteiger partial charge in [0, 0.05) is 17.2 Å². The van der Waals surface area contributed by atoms with Crippen LogP contribution in [0.2, 0.25) is 0 Å². The number of carboxylic acids is 1. The summed E-state index contributed by atoms with van der Waals surface area (Å²) in [6.07, 6.45) is 4.66. The van der Waals surface area contributed by atoms with Crippen LogP contribution in [0.3, 0.4) is 0 Å². The minimum Gasteiger partial charge on any atom is -0.480 e. The second kappa shape index (κ2) is 6.55. The van der Waals surface area contributed by atoms with Crippen LogP contribution in [0.25, 0.3) is 11.4 Å². The highest BCUT2D eigenvalue weighted by Gasteiger charge is 2.47. The quantitative estimate of drug-likeness (QED) is 0.883. The molecule has 2 heterocycles. The second-order valence-corrected chi connectivity index (χ2v) is 7.24. The lowest BCUT2D eigenvalue weighted by Gasteiger charge is -2.33. The Balaban J connectivity index is 1.60. The highest BCUT2D eigenvalue weighted by molar-refractivity contribution is 5.97. The first-order valence-electron chi connectivity index (χ1n) is 9.09. The van der Waals surface area contributed by atoms with E-state index in [4.69, 9.17) is 0 Å². The first-order valence-corrected chi connectivity index (χ1v) is 9.09. The third kappa shape index (κ3) is 2.87. The van der Waals surface area contributed by atoms with Crippen molar-refractivity contribution in [2.45, 2.75) is 51.1 Å². The number of nitrogens with one attached hydrogen (secondary N) is 1. The van der Waals surface area contributed by atoms with Crippen LogP contribution in [0.4, 0.5) is 0 Å². The summed E-state index contributed by atoms with van der Waals surface area (Å²) in [5.41, 5.74) is 1.33. The fourth-order valence-corrected chi connectivity index (χ4v) is 4.36. The van der Waals surface area contributed by atoms with Crippen molar-refractivity contribution in [3.8, 4) is 11.4 Å². The Morgan fingerprint density at radius 3 is 2.58 bits per heavy atom. The first-order chi connectivity index (χ1) is 12.5. The average molecular weight is 354 g/mol. The van der Waals surface area contributed by atoms with Crippen LogP contribution >= 0.6 is 0 Å². The van der Waals surface area contributed by atoms with Crippen LogP contribution in [0, 0.1) is 12.8 Å². The number of fused-ring (bicyclic) bond motifs is 1. The monoisotopic (exact) mass is 354 g/mol. The van der Waals surface area contributed by atoms with Gasteiger partial charge in [0.05, 0.1) is 0 Å². The van der Waals surface area contributed by atoms with Crippen LogP contribution in [-0.2, 0) is 4.79 Å². The van der Waals surface area contributed by atoms with Gasteiger partial charge in [-0.15, -0.1) is 0 Å². The molecule has 0 bridgehead atoms. The first kappa shape index (κ1) is 16.8. The number of carboxylic acid groups (broad SMARTS) is 1. The molecule has 1 aliphatic heterocycles. The van der Waals surface area contributed by atoms with Crippen molar-refractivity contribution in [3.05, 3.63) is 35.7 Å². The Kier molecular flexibility index (Phi) is 4.22. The van der Waals surface area contributed by atoms with E-state index < -0.39 is 12.0 Å². The molecule has 2 aliphatic rings. The molecule has 0 radical (unpaired) electrons. The summed E-state index contributed by atoms with van der Waals surface area (Å²) in [7, 11) is 0. The predicted octanol–water partition coefficient (Wildman–Crippen LogP) is 2.64. The fraction of sp³-hybridized carbons (Fsp3) is 0.474. The van der Waals surface area contributed by atoms with E-state index in [0.717, 1.165) is 37.1 Å². The molecule has 0 spiro atoms. The van der Waals surface area contributed by atoms with Crippen molar-refractivity contribution in [2.24, 2.45) is 5.92 Å². The van der Waals surface area contributed by atoms with E-state index in [-0.39, 0.29) is 11.9 Å². The van der Waals surface area contributed by atoms with Crippen molar-refractivity contribution in [2.75, 3.05) is 0 Å². The van der Waals surface area contributed by atoms with Gasteiger partial charge < -0.3 is 10.0 Å². The zero-order chi connectivity index (χ0) is 18.3. The molecule has 136 valence electrons. The summed E-state index contributed by atoms with van der Waals surface area (Å²) in [4.78, 5) is 30.7. The summed E-state index contributed by atoms with van der Waals surface area (Å²) < 4.78 is 0. The number of benzene rings is 1. The number of aromatic nitrogens is 3. The number of aliphatic carboxylic acids is 1. The topological polar surface area (TPSA) is 99.2 Å². The number of aromatic amines is 1. The van der Waals surface area contributed by atoms with Gasteiger partial charge >= 0.3 is 5.97 Å². The number of rotatable bonds is 3. The Labute approximate surface area is 151 Å². The molecule has 3 atom stereocenters. The molecule has 1 saturated heterocycles. The van der Waals surface area contributed by atoms with Gasteiger partial charge in [-0.1, -0.05) is 25.0 Å². The summed E-state index contributed by atoms with van der Waals surface area (Å²) in [6, 6.07) is 6.41. The van der Waals surface area contributed by atoms with Crippen molar-refractivity contribution in [1.82, 2.24) is 20.1 Å².